The molecule has 3 aromatic rings. The standard InChI is InChI=1S/C23H21FN4O4S/c24-15-7-5-14(6-8-15)9-25-21(29)10-28-22(16-12-33-13-17(16)27-28)26-23(30)20-11-31-18-3-1-2-4-19(18)32-20/h1-8,20H,9-13H2,(H,25,29)(H,26,30). The third-order valence-corrected chi connectivity index (χ3v) is 6.33. The van der Waals surface area contributed by atoms with E-state index in [1.807, 2.05) is 12.1 Å². The Morgan fingerprint density at radius 3 is 2.73 bits per heavy atom. The number of fused-ring (bicyclic) bond motifs is 2. The molecule has 0 aliphatic carbocycles. The van der Waals surface area contributed by atoms with Crippen LogP contribution in [0.15, 0.2) is 48.5 Å². The zero-order valence-corrected chi connectivity index (χ0v) is 18.4. The molecular weight excluding hydrogens is 447 g/mol. The largest absolute Gasteiger partial charge is 0.485 e. The molecule has 0 radical (unpaired) electrons. The maximum Gasteiger partial charge on any atom is 0.270 e. The average molecular weight is 469 g/mol. The van der Waals surface area contributed by atoms with Crippen molar-refractivity contribution < 1.29 is 23.5 Å². The van der Waals surface area contributed by atoms with Gasteiger partial charge in [0.15, 0.2) is 11.5 Å². The number of carbonyl (C=O) groups excluding carboxylic acids is 2. The van der Waals surface area contributed by atoms with Gasteiger partial charge in [-0.2, -0.15) is 16.9 Å². The molecule has 1 atom stereocenters. The molecule has 33 heavy (non-hydrogen) atoms. The topological polar surface area (TPSA) is 94.5 Å². The van der Waals surface area contributed by atoms with Gasteiger partial charge in [0, 0.05) is 23.6 Å². The number of ether oxygens (including phenoxy) is 2. The Morgan fingerprint density at radius 2 is 1.91 bits per heavy atom. The number of benzene rings is 2. The van der Waals surface area contributed by atoms with Gasteiger partial charge in [-0.25, -0.2) is 9.07 Å². The lowest BCUT2D eigenvalue weighted by molar-refractivity contribution is -0.125. The molecule has 2 aromatic carbocycles. The molecule has 2 aliphatic heterocycles. The van der Waals surface area contributed by atoms with Crippen molar-refractivity contribution in [3.63, 3.8) is 0 Å². The Balaban J connectivity index is 1.26. The van der Waals surface area contributed by atoms with Crippen LogP contribution in [0.1, 0.15) is 16.8 Å². The quantitative estimate of drug-likeness (QED) is 0.578. The summed E-state index contributed by atoms with van der Waals surface area (Å²) in [5.41, 5.74) is 2.55. The number of rotatable bonds is 6. The third kappa shape index (κ3) is 4.65. The maximum absolute atomic E-state index is 13.1. The van der Waals surface area contributed by atoms with E-state index in [0.29, 0.717) is 23.1 Å². The minimum absolute atomic E-state index is 0.0562. The fourth-order valence-corrected chi connectivity index (χ4v) is 4.70. The molecule has 0 spiro atoms. The van der Waals surface area contributed by atoms with E-state index in [2.05, 4.69) is 15.7 Å². The molecule has 2 aliphatic rings. The van der Waals surface area contributed by atoms with Gasteiger partial charge < -0.3 is 20.1 Å². The summed E-state index contributed by atoms with van der Waals surface area (Å²) in [6.45, 7) is 0.301. The summed E-state index contributed by atoms with van der Waals surface area (Å²) in [7, 11) is 0. The lowest BCUT2D eigenvalue weighted by atomic mass is 10.2. The molecule has 1 unspecified atom stereocenters. The first-order valence-electron chi connectivity index (χ1n) is 10.4. The van der Waals surface area contributed by atoms with Crippen molar-refractivity contribution in [2.45, 2.75) is 30.7 Å². The molecule has 0 saturated carbocycles. The number of anilines is 1. The Morgan fingerprint density at radius 1 is 1.12 bits per heavy atom. The number of nitrogens with zero attached hydrogens (tertiary/aromatic N) is 2. The average Bonchev–Trinajstić information content (AvgIpc) is 3.41. The predicted molar refractivity (Wildman–Crippen MR) is 120 cm³/mol. The monoisotopic (exact) mass is 468 g/mol. The van der Waals surface area contributed by atoms with Crippen molar-refractivity contribution in [3.8, 4) is 11.5 Å². The van der Waals surface area contributed by atoms with Crippen LogP contribution in [0, 0.1) is 5.82 Å². The number of thioether (sulfide) groups is 1. The lowest BCUT2D eigenvalue weighted by Crippen LogP contribution is -2.41. The van der Waals surface area contributed by atoms with Crippen LogP contribution in [0.3, 0.4) is 0 Å². The van der Waals surface area contributed by atoms with Crippen LogP contribution in [0.25, 0.3) is 0 Å². The van der Waals surface area contributed by atoms with Crippen molar-refractivity contribution in [2.75, 3.05) is 11.9 Å². The summed E-state index contributed by atoms with van der Waals surface area (Å²) in [6, 6.07) is 13.1. The highest BCUT2D eigenvalue weighted by Crippen LogP contribution is 2.35. The van der Waals surface area contributed by atoms with Crippen LogP contribution < -0.4 is 20.1 Å². The molecule has 10 heteroatoms. The molecule has 2 N–H and O–H groups in total. The van der Waals surface area contributed by atoms with Crippen molar-refractivity contribution in [1.29, 1.82) is 0 Å². The Labute approximate surface area is 193 Å². The van der Waals surface area contributed by atoms with E-state index in [-0.39, 0.29) is 37.3 Å². The van der Waals surface area contributed by atoms with E-state index < -0.39 is 6.10 Å². The van der Waals surface area contributed by atoms with Crippen LogP contribution in [0.4, 0.5) is 10.2 Å². The molecule has 1 aromatic heterocycles. The smallest absolute Gasteiger partial charge is 0.270 e. The Kier molecular flexibility index (Phi) is 5.91. The summed E-state index contributed by atoms with van der Waals surface area (Å²) >= 11 is 1.70. The van der Waals surface area contributed by atoms with Crippen LogP contribution in [0.5, 0.6) is 11.5 Å². The van der Waals surface area contributed by atoms with Crippen LogP contribution >= 0.6 is 11.8 Å². The summed E-state index contributed by atoms with van der Waals surface area (Å²) < 4.78 is 26.0. The van der Waals surface area contributed by atoms with Gasteiger partial charge in [0.25, 0.3) is 5.91 Å². The number of para-hydroxylation sites is 2. The van der Waals surface area contributed by atoms with Gasteiger partial charge in [-0.1, -0.05) is 24.3 Å². The first-order chi connectivity index (χ1) is 16.1. The molecule has 2 amide bonds. The highest BCUT2D eigenvalue weighted by atomic mass is 32.2. The Hall–Kier alpha value is -3.53. The number of hydrogen-bond acceptors (Lipinski definition) is 6. The number of hydrogen-bond donors (Lipinski definition) is 2. The highest BCUT2D eigenvalue weighted by molar-refractivity contribution is 7.98. The van der Waals surface area contributed by atoms with E-state index in [1.165, 1.54) is 16.8 Å². The van der Waals surface area contributed by atoms with E-state index in [9.17, 15) is 14.0 Å². The molecule has 3 heterocycles. The molecular formula is C23H21FN4O4S. The van der Waals surface area contributed by atoms with Gasteiger partial charge in [0.2, 0.25) is 12.0 Å². The second-order valence-corrected chi connectivity index (χ2v) is 8.67. The van der Waals surface area contributed by atoms with Crippen molar-refractivity contribution in [2.24, 2.45) is 0 Å². The second kappa shape index (κ2) is 9.14. The number of aromatic nitrogens is 2. The van der Waals surface area contributed by atoms with Crippen LogP contribution in [-0.2, 0) is 34.2 Å². The summed E-state index contributed by atoms with van der Waals surface area (Å²) in [6.07, 6.45) is -0.819. The van der Waals surface area contributed by atoms with Gasteiger partial charge >= 0.3 is 0 Å². The first-order valence-corrected chi connectivity index (χ1v) is 11.6. The SMILES string of the molecule is O=C(Cn1nc2c(c1NC(=O)C1COc3ccccc3O1)CSC2)NCc1ccc(F)cc1. The van der Waals surface area contributed by atoms with E-state index in [0.717, 1.165) is 22.6 Å². The Bertz CT molecular complexity index is 1200. The molecule has 170 valence electrons. The minimum Gasteiger partial charge on any atom is -0.485 e. The molecule has 5 rings (SSSR count). The van der Waals surface area contributed by atoms with Crippen molar-refractivity contribution in [1.82, 2.24) is 15.1 Å². The molecule has 0 saturated heterocycles. The summed E-state index contributed by atoms with van der Waals surface area (Å²) in [5.74, 6) is 2.07. The zero-order valence-electron chi connectivity index (χ0n) is 17.5. The van der Waals surface area contributed by atoms with Crippen LogP contribution in [0.2, 0.25) is 0 Å². The highest BCUT2D eigenvalue weighted by Gasteiger charge is 2.31. The zero-order chi connectivity index (χ0) is 22.8. The number of amides is 2. The van der Waals surface area contributed by atoms with Gasteiger partial charge in [-0.3, -0.25) is 9.59 Å². The van der Waals surface area contributed by atoms with E-state index >= 15 is 0 Å². The number of carbonyl (C=O) groups is 2. The molecule has 8 nitrogen and oxygen atoms in total. The van der Waals surface area contributed by atoms with Crippen molar-refractivity contribution in [3.05, 3.63) is 71.2 Å². The molecule has 0 bridgehead atoms. The fraction of sp³-hybridized carbons (Fsp3) is 0.261. The van der Waals surface area contributed by atoms with Gasteiger partial charge in [-0.15, -0.1) is 0 Å². The summed E-state index contributed by atoms with van der Waals surface area (Å²) in [5, 5.41) is 10.2. The summed E-state index contributed by atoms with van der Waals surface area (Å²) in [4.78, 5) is 25.5. The van der Waals surface area contributed by atoms with E-state index in [1.54, 1.807) is 36.0 Å². The van der Waals surface area contributed by atoms with Gasteiger partial charge in [0.05, 0.1) is 5.69 Å². The first kappa shape index (κ1) is 21.3. The maximum atomic E-state index is 13.1. The van der Waals surface area contributed by atoms with Gasteiger partial charge in [-0.05, 0) is 29.8 Å². The molecule has 0 fully saturated rings. The second-order valence-electron chi connectivity index (χ2n) is 7.68. The van der Waals surface area contributed by atoms with Gasteiger partial charge in [0.1, 0.15) is 24.8 Å². The number of nitrogens with one attached hydrogen (secondary N) is 2. The fourth-order valence-electron chi connectivity index (χ4n) is 3.66. The third-order valence-electron chi connectivity index (χ3n) is 5.36. The normalized spacial score (nSPS) is 16.2. The number of halogens is 1. The van der Waals surface area contributed by atoms with E-state index in [4.69, 9.17) is 9.47 Å². The predicted octanol–water partition coefficient (Wildman–Crippen LogP) is 2.86. The minimum atomic E-state index is -0.819. The van der Waals surface area contributed by atoms with Crippen molar-refractivity contribution >= 4 is 29.4 Å². The lowest BCUT2D eigenvalue weighted by Gasteiger charge is -2.25. The van der Waals surface area contributed by atoms with Crippen LogP contribution in [-0.4, -0.2) is 34.3 Å².